The molecule has 2 atom stereocenters. The summed E-state index contributed by atoms with van der Waals surface area (Å²) in [5, 5.41) is 0. The van der Waals surface area contributed by atoms with Crippen LogP contribution in [0, 0.1) is 0 Å². The summed E-state index contributed by atoms with van der Waals surface area (Å²) in [5.74, 6) is -0.122. The lowest BCUT2D eigenvalue weighted by atomic mass is 10.2. The molecule has 0 radical (unpaired) electrons. The quantitative estimate of drug-likeness (QED) is 0.523. The summed E-state index contributed by atoms with van der Waals surface area (Å²) in [6.07, 6.45) is -0.940. The molecule has 1 aliphatic rings. The van der Waals surface area contributed by atoms with Crippen LogP contribution in [0.2, 0.25) is 0 Å². The van der Waals surface area contributed by atoms with Crippen molar-refractivity contribution in [1.29, 1.82) is 0 Å². The first-order valence-electron chi connectivity index (χ1n) is 7.96. The van der Waals surface area contributed by atoms with Gasteiger partial charge < -0.3 is 9.47 Å². The van der Waals surface area contributed by atoms with Crippen molar-refractivity contribution in [3.8, 4) is 5.75 Å². The molecule has 1 aliphatic heterocycles. The van der Waals surface area contributed by atoms with E-state index in [4.69, 9.17) is 18.5 Å². The van der Waals surface area contributed by atoms with Gasteiger partial charge in [0.1, 0.15) is 0 Å². The average Bonchev–Trinajstić information content (AvgIpc) is 2.56. The molecule has 0 amide bonds. The van der Waals surface area contributed by atoms with Crippen LogP contribution in [0.5, 0.6) is 5.75 Å². The molecule has 0 spiro atoms. The summed E-state index contributed by atoms with van der Waals surface area (Å²) in [6.45, 7) is 7.44. The second-order valence-electron chi connectivity index (χ2n) is 5.35. The van der Waals surface area contributed by atoms with E-state index in [2.05, 4.69) is 4.90 Å². The van der Waals surface area contributed by atoms with Crippen LogP contribution in [0.4, 0.5) is 0 Å². The monoisotopic (exact) mass is 356 g/mol. The number of nitrogens with zero attached hydrogens (tertiary/aromatic N) is 1. The van der Waals surface area contributed by atoms with Gasteiger partial charge in [0.25, 0.3) is 0 Å². The minimum atomic E-state index is -2.46. The Balaban J connectivity index is 1.86. The maximum Gasteiger partial charge on any atom is 0.751 e. The van der Waals surface area contributed by atoms with Crippen LogP contribution >= 0.6 is 8.25 Å². The molecule has 1 aromatic rings. The van der Waals surface area contributed by atoms with Gasteiger partial charge in [0, 0.05) is 24.2 Å². The molecule has 0 aromatic heterocycles. The van der Waals surface area contributed by atoms with Crippen molar-refractivity contribution in [1.82, 2.24) is 4.90 Å². The van der Waals surface area contributed by atoms with Crippen molar-refractivity contribution in [3.05, 3.63) is 29.8 Å². The number of rotatable bonds is 8. The SMILES string of the molecule is CCOC(=O)C(C)O[P+](=O)Oc1cccc(CN2CCOCC2)c1. The summed E-state index contributed by atoms with van der Waals surface area (Å²) in [7, 11) is -2.46. The van der Waals surface area contributed by atoms with Gasteiger partial charge in [-0.25, -0.2) is 9.32 Å². The van der Waals surface area contributed by atoms with Crippen LogP contribution in [-0.4, -0.2) is 49.9 Å². The number of hydrogen-bond acceptors (Lipinski definition) is 7. The third-order valence-electron chi connectivity index (χ3n) is 3.45. The summed E-state index contributed by atoms with van der Waals surface area (Å²) in [6, 6.07) is 7.34. The van der Waals surface area contributed by atoms with Gasteiger partial charge in [-0.3, -0.25) is 4.90 Å². The molecule has 7 nitrogen and oxygen atoms in total. The lowest BCUT2D eigenvalue weighted by molar-refractivity contribution is -0.150. The van der Waals surface area contributed by atoms with Gasteiger partial charge in [-0.2, -0.15) is 0 Å². The van der Waals surface area contributed by atoms with Crippen molar-refractivity contribution in [2.24, 2.45) is 0 Å². The highest BCUT2D eigenvalue weighted by molar-refractivity contribution is 7.33. The van der Waals surface area contributed by atoms with E-state index in [-0.39, 0.29) is 6.61 Å². The molecule has 0 bridgehead atoms. The molecule has 1 heterocycles. The van der Waals surface area contributed by atoms with Crippen molar-refractivity contribution in [3.63, 3.8) is 0 Å². The fourth-order valence-electron chi connectivity index (χ4n) is 2.26. The minimum absolute atomic E-state index is 0.244. The lowest BCUT2D eigenvalue weighted by Gasteiger charge is -2.26. The number of ether oxygens (including phenoxy) is 2. The minimum Gasteiger partial charge on any atom is -0.464 e. The molecule has 24 heavy (non-hydrogen) atoms. The first-order valence-corrected chi connectivity index (χ1v) is 9.05. The Hall–Kier alpha value is -1.53. The van der Waals surface area contributed by atoms with Crippen molar-refractivity contribution < 1.29 is 27.9 Å². The van der Waals surface area contributed by atoms with Crippen molar-refractivity contribution in [2.45, 2.75) is 26.5 Å². The van der Waals surface area contributed by atoms with Crippen LogP contribution in [0.1, 0.15) is 19.4 Å². The fraction of sp³-hybridized carbons (Fsp3) is 0.562. The highest BCUT2D eigenvalue weighted by Crippen LogP contribution is 2.30. The van der Waals surface area contributed by atoms with Crippen molar-refractivity contribution in [2.75, 3.05) is 32.9 Å². The molecule has 0 saturated carbocycles. The topological polar surface area (TPSA) is 74.3 Å². The molecule has 1 fully saturated rings. The summed E-state index contributed by atoms with van der Waals surface area (Å²) in [4.78, 5) is 13.7. The molecule has 132 valence electrons. The van der Waals surface area contributed by atoms with Gasteiger partial charge in [-0.1, -0.05) is 16.7 Å². The molecule has 1 saturated heterocycles. The highest BCUT2D eigenvalue weighted by atomic mass is 31.1. The number of carbonyl (C=O) groups excluding carboxylic acids is 1. The van der Waals surface area contributed by atoms with Gasteiger partial charge in [-0.15, -0.1) is 0 Å². The summed E-state index contributed by atoms with van der Waals surface area (Å²) >= 11 is 0. The van der Waals surface area contributed by atoms with Crippen molar-refractivity contribution >= 4 is 14.2 Å². The number of esters is 1. The molecule has 1 aromatic carbocycles. The molecule has 8 heteroatoms. The maximum atomic E-state index is 11.9. The zero-order valence-corrected chi connectivity index (χ0v) is 14.9. The van der Waals surface area contributed by atoms with Gasteiger partial charge in [0.2, 0.25) is 6.10 Å². The second-order valence-corrected chi connectivity index (χ2v) is 6.19. The number of morpholine rings is 1. The van der Waals surface area contributed by atoms with E-state index in [0.717, 1.165) is 38.4 Å². The molecule has 0 aliphatic carbocycles. The van der Waals surface area contributed by atoms with Crippen LogP contribution < -0.4 is 4.52 Å². The molecule has 0 N–H and O–H groups in total. The van der Waals surface area contributed by atoms with E-state index in [1.807, 2.05) is 18.2 Å². The average molecular weight is 356 g/mol. The van der Waals surface area contributed by atoms with Gasteiger partial charge in [-0.05, 0) is 31.5 Å². The third kappa shape index (κ3) is 6.17. The van der Waals surface area contributed by atoms with E-state index in [0.29, 0.717) is 5.75 Å². The highest BCUT2D eigenvalue weighted by Gasteiger charge is 2.31. The van der Waals surface area contributed by atoms with Crippen LogP contribution in [0.15, 0.2) is 24.3 Å². The van der Waals surface area contributed by atoms with E-state index in [9.17, 15) is 9.36 Å². The smallest absolute Gasteiger partial charge is 0.464 e. The van der Waals surface area contributed by atoms with E-state index in [1.54, 1.807) is 13.0 Å². The first-order chi connectivity index (χ1) is 11.6. The molecule has 2 rings (SSSR count). The number of hydrogen-bond donors (Lipinski definition) is 0. The lowest BCUT2D eigenvalue weighted by Crippen LogP contribution is -2.35. The number of benzene rings is 1. The largest absolute Gasteiger partial charge is 0.751 e. The van der Waals surface area contributed by atoms with Gasteiger partial charge in [0.05, 0.1) is 19.8 Å². The predicted molar refractivity (Wildman–Crippen MR) is 88.0 cm³/mol. The van der Waals surface area contributed by atoms with E-state index >= 15 is 0 Å². The van der Waals surface area contributed by atoms with Gasteiger partial charge >= 0.3 is 14.2 Å². The van der Waals surface area contributed by atoms with E-state index in [1.165, 1.54) is 6.92 Å². The zero-order chi connectivity index (χ0) is 17.4. The predicted octanol–water partition coefficient (Wildman–Crippen LogP) is 2.52. The summed E-state index contributed by atoms with van der Waals surface area (Å²) in [5.41, 5.74) is 1.05. The maximum absolute atomic E-state index is 11.9. The Morgan fingerprint density at radius 2 is 2.12 bits per heavy atom. The second kappa shape index (κ2) is 9.69. The first kappa shape index (κ1) is 18.8. The normalized spacial score (nSPS) is 17.2. The zero-order valence-electron chi connectivity index (χ0n) is 14.0. The van der Waals surface area contributed by atoms with E-state index < -0.39 is 20.3 Å². The van der Waals surface area contributed by atoms with Gasteiger partial charge in [0.15, 0.2) is 5.75 Å². The Labute approximate surface area is 142 Å². The Morgan fingerprint density at radius 3 is 2.83 bits per heavy atom. The third-order valence-corrected chi connectivity index (χ3v) is 4.30. The molecule has 2 unspecified atom stereocenters. The van der Waals surface area contributed by atoms with Crippen LogP contribution in [-0.2, 0) is 29.9 Å². The Morgan fingerprint density at radius 1 is 1.38 bits per heavy atom. The standard InChI is InChI=1S/C16H23NO6P/c1-3-21-16(18)13(2)22-24(19)23-15-6-4-5-14(11-15)12-17-7-9-20-10-8-17/h4-6,11,13H,3,7-10,12H2,1-2H3/q+1. The van der Waals surface area contributed by atoms with Crippen LogP contribution in [0.3, 0.4) is 0 Å². The fourth-order valence-corrected chi connectivity index (χ4v) is 2.93. The Bertz CT molecular complexity index is 561. The molecular formula is C16H23NO6P+. The van der Waals surface area contributed by atoms with Crippen LogP contribution in [0.25, 0.3) is 0 Å². The molecular weight excluding hydrogens is 333 g/mol. The summed E-state index contributed by atoms with van der Waals surface area (Å²) < 4.78 is 32.3. The Kier molecular flexibility index (Phi) is 7.59. The number of carbonyl (C=O) groups is 1.